The molecule has 1 aromatic carbocycles. The molecule has 0 aliphatic heterocycles. The maximum atomic E-state index is 11.1. The molecule has 1 heterocycles. The van der Waals surface area contributed by atoms with E-state index in [1.165, 1.54) is 6.07 Å². The van der Waals surface area contributed by atoms with Gasteiger partial charge in [0.1, 0.15) is 23.7 Å². The average Bonchev–Trinajstić information content (AvgIpc) is 2.77. The number of imidazole rings is 1. The van der Waals surface area contributed by atoms with E-state index in [1.807, 2.05) is 17.7 Å². The van der Waals surface area contributed by atoms with E-state index in [2.05, 4.69) is 20.9 Å². The standard InChI is InChI=1S/C13H13BrN2O3/c1-9-15-5-6-16(9)7-8-19-12-10(13(17)18)3-2-4-11(12)14/h2-6H,7-8H2,1H3,(H,17,18). The number of aromatic carboxylic acids is 1. The number of rotatable bonds is 5. The minimum atomic E-state index is -1.00. The highest BCUT2D eigenvalue weighted by molar-refractivity contribution is 9.10. The lowest BCUT2D eigenvalue weighted by molar-refractivity contribution is 0.0692. The number of hydrogen-bond donors (Lipinski definition) is 1. The third-order valence-corrected chi connectivity index (χ3v) is 3.32. The van der Waals surface area contributed by atoms with E-state index in [9.17, 15) is 4.79 Å². The number of aryl methyl sites for hydroxylation is 1. The first-order chi connectivity index (χ1) is 9.09. The summed E-state index contributed by atoms with van der Waals surface area (Å²) in [6.07, 6.45) is 3.58. The fourth-order valence-corrected chi connectivity index (χ4v) is 2.19. The van der Waals surface area contributed by atoms with Crippen LogP contribution in [0.3, 0.4) is 0 Å². The Balaban J connectivity index is 2.07. The summed E-state index contributed by atoms with van der Waals surface area (Å²) in [5.74, 6) is 0.247. The molecule has 0 amide bonds. The van der Waals surface area contributed by atoms with E-state index in [-0.39, 0.29) is 5.56 Å². The third-order valence-electron chi connectivity index (χ3n) is 2.70. The molecule has 0 spiro atoms. The Hall–Kier alpha value is -1.82. The van der Waals surface area contributed by atoms with E-state index in [0.29, 0.717) is 23.4 Å². The zero-order valence-electron chi connectivity index (χ0n) is 10.3. The summed E-state index contributed by atoms with van der Waals surface area (Å²) in [6, 6.07) is 4.94. The molecule has 0 atom stereocenters. The molecule has 100 valence electrons. The highest BCUT2D eigenvalue weighted by Gasteiger charge is 2.14. The summed E-state index contributed by atoms with van der Waals surface area (Å²) < 4.78 is 8.16. The van der Waals surface area contributed by atoms with E-state index < -0.39 is 5.97 Å². The number of aromatic nitrogens is 2. The van der Waals surface area contributed by atoms with Crippen molar-refractivity contribution in [3.8, 4) is 5.75 Å². The molecule has 0 fully saturated rings. The van der Waals surface area contributed by atoms with Crippen LogP contribution in [0, 0.1) is 6.92 Å². The molecular weight excluding hydrogens is 312 g/mol. The molecule has 0 saturated carbocycles. The Labute approximate surface area is 119 Å². The molecule has 0 bridgehead atoms. The largest absolute Gasteiger partial charge is 0.490 e. The molecule has 19 heavy (non-hydrogen) atoms. The molecule has 1 aromatic heterocycles. The zero-order chi connectivity index (χ0) is 13.8. The molecule has 0 radical (unpaired) electrons. The minimum absolute atomic E-state index is 0.150. The first-order valence-electron chi connectivity index (χ1n) is 5.72. The van der Waals surface area contributed by atoms with Crippen molar-refractivity contribution in [3.63, 3.8) is 0 Å². The highest BCUT2D eigenvalue weighted by Crippen LogP contribution is 2.29. The lowest BCUT2D eigenvalue weighted by Crippen LogP contribution is -2.11. The van der Waals surface area contributed by atoms with Gasteiger partial charge in [0.05, 0.1) is 11.0 Å². The molecule has 6 heteroatoms. The Bertz CT molecular complexity index is 595. The Morgan fingerprint density at radius 1 is 1.53 bits per heavy atom. The second-order valence-electron chi connectivity index (χ2n) is 3.94. The lowest BCUT2D eigenvalue weighted by Gasteiger charge is -2.11. The zero-order valence-corrected chi connectivity index (χ0v) is 11.9. The van der Waals surface area contributed by atoms with Crippen LogP contribution in [0.25, 0.3) is 0 Å². The Kier molecular flexibility index (Phi) is 4.21. The third kappa shape index (κ3) is 3.14. The number of benzene rings is 1. The Morgan fingerprint density at radius 2 is 2.32 bits per heavy atom. The molecule has 1 N–H and O–H groups in total. The quantitative estimate of drug-likeness (QED) is 0.918. The van der Waals surface area contributed by atoms with E-state index in [4.69, 9.17) is 9.84 Å². The number of carboxylic acid groups (broad SMARTS) is 1. The number of para-hydroxylation sites is 1. The van der Waals surface area contributed by atoms with Gasteiger partial charge >= 0.3 is 5.97 Å². The van der Waals surface area contributed by atoms with Gasteiger partial charge in [-0.1, -0.05) is 6.07 Å². The molecule has 0 aliphatic rings. The van der Waals surface area contributed by atoms with Crippen molar-refractivity contribution < 1.29 is 14.6 Å². The molecule has 0 aliphatic carbocycles. The van der Waals surface area contributed by atoms with Crippen LogP contribution >= 0.6 is 15.9 Å². The van der Waals surface area contributed by atoms with Gasteiger partial charge in [-0.25, -0.2) is 9.78 Å². The predicted molar refractivity (Wildman–Crippen MR) is 73.6 cm³/mol. The lowest BCUT2D eigenvalue weighted by atomic mass is 10.2. The van der Waals surface area contributed by atoms with Crippen LogP contribution in [0.4, 0.5) is 0 Å². The Morgan fingerprint density at radius 3 is 2.95 bits per heavy atom. The number of nitrogens with zero attached hydrogens (tertiary/aromatic N) is 2. The second kappa shape index (κ2) is 5.88. The maximum Gasteiger partial charge on any atom is 0.339 e. The number of halogens is 1. The van der Waals surface area contributed by atoms with E-state index in [0.717, 1.165) is 5.82 Å². The molecule has 0 saturated heterocycles. The maximum absolute atomic E-state index is 11.1. The van der Waals surface area contributed by atoms with Crippen LogP contribution in [0.5, 0.6) is 5.75 Å². The van der Waals surface area contributed by atoms with Crippen molar-refractivity contribution in [1.29, 1.82) is 0 Å². The molecule has 0 unspecified atom stereocenters. The second-order valence-corrected chi connectivity index (χ2v) is 4.79. The van der Waals surface area contributed by atoms with Crippen molar-refractivity contribution in [2.45, 2.75) is 13.5 Å². The summed E-state index contributed by atoms with van der Waals surface area (Å²) in [6.45, 7) is 2.90. The number of hydrogen-bond acceptors (Lipinski definition) is 3. The number of carboxylic acids is 1. The van der Waals surface area contributed by atoms with Gasteiger partial charge in [-0.05, 0) is 35.0 Å². The molecular formula is C13H13BrN2O3. The SMILES string of the molecule is Cc1nccn1CCOc1c(Br)cccc1C(=O)O. The van der Waals surface area contributed by atoms with Gasteiger partial charge in [-0.2, -0.15) is 0 Å². The smallest absolute Gasteiger partial charge is 0.339 e. The van der Waals surface area contributed by atoms with Crippen molar-refractivity contribution in [2.75, 3.05) is 6.61 Å². The van der Waals surface area contributed by atoms with E-state index in [1.54, 1.807) is 18.3 Å². The van der Waals surface area contributed by atoms with Gasteiger partial charge in [-0.15, -0.1) is 0 Å². The van der Waals surface area contributed by atoms with Crippen LogP contribution in [0.15, 0.2) is 35.1 Å². The summed E-state index contributed by atoms with van der Waals surface area (Å²) in [5, 5.41) is 9.10. The van der Waals surface area contributed by atoms with Gasteiger partial charge in [0.2, 0.25) is 0 Å². The first-order valence-corrected chi connectivity index (χ1v) is 6.51. The predicted octanol–water partition coefficient (Wildman–Crippen LogP) is 2.73. The average molecular weight is 325 g/mol. The van der Waals surface area contributed by atoms with Crippen LogP contribution in [0.2, 0.25) is 0 Å². The monoisotopic (exact) mass is 324 g/mol. The van der Waals surface area contributed by atoms with Crippen molar-refractivity contribution in [2.24, 2.45) is 0 Å². The van der Waals surface area contributed by atoms with E-state index >= 15 is 0 Å². The first kappa shape index (κ1) is 13.6. The number of carbonyl (C=O) groups is 1. The van der Waals surface area contributed by atoms with Gasteiger partial charge in [0, 0.05) is 12.4 Å². The van der Waals surface area contributed by atoms with Crippen LogP contribution in [-0.2, 0) is 6.54 Å². The van der Waals surface area contributed by atoms with Gasteiger partial charge in [0.25, 0.3) is 0 Å². The van der Waals surface area contributed by atoms with Gasteiger partial charge in [-0.3, -0.25) is 0 Å². The summed E-state index contributed by atoms with van der Waals surface area (Å²) in [4.78, 5) is 15.2. The molecule has 5 nitrogen and oxygen atoms in total. The molecule has 2 rings (SSSR count). The fraction of sp³-hybridized carbons (Fsp3) is 0.231. The summed E-state index contributed by atoms with van der Waals surface area (Å²) in [5.41, 5.74) is 0.150. The summed E-state index contributed by atoms with van der Waals surface area (Å²) in [7, 11) is 0. The normalized spacial score (nSPS) is 10.4. The number of ether oxygens (including phenoxy) is 1. The van der Waals surface area contributed by atoms with Crippen molar-refractivity contribution >= 4 is 21.9 Å². The van der Waals surface area contributed by atoms with Crippen LogP contribution < -0.4 is 4.74 Å². The highest BCUT2D eigenvalue weighted by atomic mass is 79.9. The fourth-order valence-electron chi connectivity index (χ4n) is 1.71. The minimum Gasteiger partial charge on any atom is -0.490 e. The molecule has 2 aromatic rings. The van der Waals surface area contributed by atoms with Crippen molar-refractivity contribution in [1.82, 2.24) is 9.55 Å². The van der Waals surface area contributed by atoms with Gasteiger partial charge in [0.15, 0.2) is 0 Å². The van der Waals surface area contributed by atoms with Crippen LogP contribution in [0.1, 0.15) is 16.2 Å². The van der Waals surface area contributed by atoms with Crippen LogP contribution in [-0.4, -0.2) is 27.2 Å². The summed E-state index contributed by atoms with van der Waals surface area (Å²) >= 11 is 3.30. The topological polar surface area (TPSA) is 64.4 Å². The van der Waals surface area contributed by atoms with Gasteiger partial charge < -0.3 is 14.4 Å². The van der Waals surface area contributed by atoms with Crippen molar-refractivity contribution in [3.05, 3.63) is 46.5 Å².